The van der Waals surface area contributed by atoms with Gasteiger partial charge in [-0.3, -0.25) is 14.2 Å². The molecule has 0 saturated carbocycles. The second kappa shape index (κ2) is 9.96. The lowest BCUT2D eigenvalue weighted by atomic mass is 9.96. The van der Waals surface area contributed by atoms with Crippen LogP contribution in [0.2, 0.25) is 0 Å². The highest BCUT2D eigenvalue weighted by Gasteiger charge is 2.27. The van der Waals surface area contributed by atoms with Gasteiger partial charge < -0.3 is 15.0 Å². The minimum absolute atomic E-state index is 0.0432. The Hall–Kier alpha value is -3.19. The van der Waals surface area contributed by atoms with E-state index in [1.165, 1.54) is 5.56 Å². The van der Waals surface area contributed by atoms with Gasteiger partial charge in [0.15, 0.2) is 5.82 Å². The van der Waals surface area contributed by atoms with Crippen LogP contribution in [0.1, 0.15) is 24.0 Å². The fraction of sp³-hybridized carbons (Fsp3) is 0.400. The van der Waals surface area contributed by atoms with Crippen LogP contribution in [0.15, 0.2) is 53.3 Å². The van der Waals surface area contributed by atoms with Gasteiger partial charge in [-0.1, -0.05) is 42.0 Å². The van der Waals surface area contributed by atoms with Gasteiger partial charge in [-0.15, -0.1) is 0 Å². The lowest BCUT2D eigenvalue weighted by molar-refractivity contribution is -0.125. The van der Waals surface area contributed by atoms with E-state index in [4.69, 9.17) is 9.72 Å². The van der Waals surface area contributed by atoms with Crippen LogP contribution in [0.3, 0.4) is 0 Å². The predicted octanol–water partition coefficient (Wildman–Crippen LogP) is 2.73. The van der Waals surface area contributed by atoms with Crippen LogP contribution < -0.4 is 15.8 Å². The lowest BCUT2D eigenvalue weighted by Crippen LogP contribution is -2.43. The standard InChI is InChI=1S/C25H30N4O3/c1-18-7-9-19(10-8-18)17-29-22-6-4-3-5-21(22)27-23(25(29)31)28-14-11-20(12-15-28)24(30)26-13-16-32-2/h3-10,20H,11-17H2,1-2H3,(H,26,30). The van der Waals surface area contributed by atoms with Crippen molar-refractivity contribution in [3.8, 4) is 0 Å². The number of hydrogen-bond donors (Lipinski definition) is 1. The number of nitrogens with one attached hydrogen (secondary N) is 1. The summed E-state index contributed by atoms with van der Waals surface area (Å²) in [5, 5.41) is 2.92. The van der Waals surface area contributed by atoms with Crippen molar-refractivity contribution >= 4 is 22.8 Å². The number of aryl methyl sites for hydroxylation is 1. The highest BCUT2D eigenvalue weighted by molar-refractivity contribution is 5.79. The number of piperidine rings is 1. The maximum absolute atomic E-state index is 13.5. The van der Waals surface area contributed by atoms with Gasteiger partial charge in [0.2, 0.25) is 5.91 Å². The maximum Gasteiger partial charge on any atom is 0.294 e. The van der Waals surface area contributed by atoms with E-state index >= 15 is 0 Å². The molecular weight excluding hydrogens is 404 g/mol. The molecule has 7 nitrogen and oxygen atoms in total. The van der Waals surface area contributed by atoms with E-state index < -0.39 is 0 Å². The smallest absolute Gasteiger partial charge is 0.294 e. The Bertz CT molecular complexity index is 1130. The van der Waals surface area contributed by atoms with Crippen molar-refractivity contribution in [2.45, 2.75) is 26.3 Å². The summed E-state index contributed by atoms with van der Waals surface area (Å²) in [6.45, 7) is 4.84. The van der Waals surface area contributed by atoms with Gasteiger partial charge >= 0.3 is 0 Å². The fourth-order valence-corrected chi connectivity index (χ4v) is 4.19. The Kier molecular flexibility index (Phi) is 6.85. The molecule has 1 aliphatic rings. The normalized spacial score (nSPS) is 14.6. The van der Waals surface area contributed by atoms with Gasteiger partial charge in [-0.2, -0.15) is 0 Å². The quantitative estimate of drug-likeness (QED) is 0.579. The number of para-hydroxylation sites is 2. The molecule has 2 aromatic carbocycles. The molecule has 7 heteroatoms. The van der Waals surface area contributed by atoms with Crippen molar-refractivity contribution in [2.75, 3.05) is 38.3 Å². The molecule has 0 radical (unpaired) electrons. The SMILES string of the molecule is COCCNC(=O)C1CCN(c2nc3ccccc3n(Cc3ccc(C)cc3)c2=O)CC1. The summed E-state index contributed by atoms with van der Waals surface area (Å²) in [7, 11) is 1.62. The Labute approximate surface area is 188 Å². The number of methoxy groups -OCH3 is 1. The van der Waals surface area contributed by atoms with Crippen molar-refractivity contribution in [1.29, 1.82) is 0 Å². The summed E-state index contributed by atoms with van der Waals surface area (Å²) < 4.78 is 6.81. The third-order valence-corrected chi connectivity index (χ3v) is 6.07. The number of rotatable bonds is 7. The molecule has 4 rings (SSSR count). The van der Waals surface area contributed by atoms with E-state index in [1.807, 2.05) is 33.7 Å². The molecule has 0 unspecified atom stereocenters. The van der Waals surface area contributed by atoms with Gasteiger partial charge in [0.1, 0.15) is 0 Å². The number of fused-ring (bicyclic) bond motifs is 1. The van der Waals surface area contributed by atoms with E-state index in [-0.39, 0.29) is 17.4 Å². The first-order valence-corrected chi connectivity index (χ1v) is 11.1. The lowest BCUT2D eigenvalue weighted by Gasteiger charge is -2.32. The number of hydrogen-bond acceptors (Lipinski definition) is 5. The van der Waals surface area contributed by atoms with Gasteiger partial charge in [0, 0.05) is 32.7 Å². The number of aromatic nitrogens is 2. The number of amides is 1. The Morgan fingerprint density at radius 1 is 1.12 bits per heavy atom. The van der Waals surface area contributed by atoms with Gasteiger partial charge in [0.05, 0.1) is 24.2 Å². The molecule has 1 aromatic heterocycles. The van der Waals surface area contributed by atoms with Crippen molar-refractivity contribution in [3.05, 3.63) is 70.0 Å². The number of anilines is 1. The van der Waals surface area contributed by atoms with Gasteiger partial charge in [-0.25, -0.2) is 4.98 Å². The van der Waals surface area contributed by atoms with Crippen LogP contribution in [0.4, 0.5) is 5.82 Å². The van der Waals surface area contributed by atoms with E-state index in [0.717, 1.165) is 16.6 Å². The van der Waals surface area contributed by atoms with Crippen molar-refractivity contribution in [1.82, 2.24) is 14.9 Å². The van der Waals surface area contributed by atoms with Crippen LogP contribution in [0, 0.1) is 12.8 Å². The molecule has 1 fully saturated rings. The van der Waals surface area contributed by atoms with Crippen molar-refractivity contribution in [2.24, 2.45) is 5.92 Å². The molecule has 1 amide bonds. The number of carbonyl (C=O) groups is 1. The maximum atomic E-state index is 13.5. The Morgan fingerprint density at radius 2 is 1.84 bits per heavy atom. The molecule has 2 heterocycles. The average molecular weight is 435 g/mol. The fourth-order valence-electron chi connectivity index (χ4n) is 4.19. The highest BCUT2D eigenvalue weighted by Crippen LogP contribution is 2.22. The molecule has 3 aromatic rings. The third kappa shape index (κ3) is 4.83. The van der Waals surface area contributed by atoms with Gasteiger partial charge in [-0.05, 0) is 37.5 Å². The highest BCUT2D eigenvalue weighted by atomic mass is 16.5. The first-order valence-electron chi connectivity index (χ1n) is 11.1. The van der Waals surface area contributed by atoms with Crippen LogP contribution in [-0.2, 0) is 16.1 Å². The number of benzene rings is 2. The van der Waals surface area contributed by atoms with Crippen molar-refractivity contribution < 1.29 is 9.53 Å². The number of carbonyl (C=O) groups excluding carboxylic acids is 1. The van der Waals surface area contributed by atoms with E-state index in [9.17, 15) is 9.59 Å². The predicted molar refractivity (Wildman–Crippen MR) is 126 cm³/mol. The van der Waals surface area contributed by atoms with Crippen LogP contribution in [0.5, 0.6) is 0 Å². The number of nitrogens with zero attached hydrogens (tertiary/aromatic N) is 3. The van der Waals surface area contributed by atoms with Crippen LogP contribution in [-0.4, -0.2) is 48.8 Å². The largest absolute Gasteiger partial charge is 0.383 e. The van der Waals surface area contributed by atoms with E-state index in [1.54, 1.807) is 7.11 Å². The summed E-state index contributed by atoms with van der Waals surface area (Å²) in [6, 6.07) is 16.0. The Balaban J connectivity index is 1.57. The van der Waals surface area contributed by atoms with E-state index in [0.29, 0.717) is 51.4 Å². The van der Waals surface area contributed by atoms with Crippen molar-refractivity contribution in [3.63, 3.8) is 0 Å². The monoisotopic (exact) mass is 434 g/mol. The molecule has 1 N–H and O–H groups in total. The summed E-state index contributed by atoms with van der Waals surface area (Å²) in [5.74, 6) is 0.484. The summed E-state index contributed by atoms with van der Waals surface area (Å²) in [4.78, 5) is 32.6. The third-order valence-electron chi connectivity index (χ3n) is 6.07. The average Bonchev–Trinajstić information content (AvgIpc) is 2.82. The molecule has 168 valence electrons. The van der Waals surface area contributed by atoms with E-state index in [2.05, 4.69) is 36.5 Å². The molecule has 0 bridgehead atoms. The molecule has 32 heavy (non-hydrogen) atoms. The summed E-state index contributed by atoms with van der Waals surface area (Å²) in [6.07, 6.45) is 1.40. The summed E-state index contributed by atoms with van der Waals surface area (Å²) in [5.41, 5.74) is 3.80. The summed E-state index contributed by atoms with van der Waals surface area (Å²) >= 11 is 0. The zero-order chi connectivity index (χ0) is 22.5. The Morgan fingerprint density at radius 3 is 2.56 bits per heavy atom. The van der Waals surface area contributed by atoms with Gasteiger partial charge in [0.25, 0.3) is 5.56 Å². The first kappa shape index (κ1) is 22.0. The molecule has 1 saturated heterocycles. The molecule has 0 atom stereocenters. The molecule has 1 aliphatic heterocycles. The minimum Gasteiger partial charge on any atom is -0.383 e. The second-order valence-electron chi connectivity index (χ2n) is 8.35. The van der Waals surface area contributed by atoms with Crippen LogP contribution >= 0.6 is 0 Å². The molecular formula is C25H30N4O3. The zero-order valence-corrected chi connectivity index (χ0v) is 18.7. The van der Waals surface area contributed by atoms with Crippen LogP contribution in [0.25, 0.3) is 11.0 Å². The molecule has 0 spiro atoms. The topological polar surface area (TPSA) is 76.5 Å². The minimum atomic E-state index is -0.0905. The second-order valence-corrected chi connectivity index (χ2v) is 8.35. The first-order chi connectivity index (χ1) is 15.6. The molecule has 0 aliphatic carbocycles. The zero-order valence-electron chi connectivity index (χ0n) is 18.7. The number of ether oxygens (including phenoxy) is 1.